The number of benzene rings is 3. The lowest BCUT2D eigenvalue weighted by molar-refractivity contribution is -0.123. The fraction of sp³-hybridized carbons (Fsp3) is 0.0833. The number of fused-ring (bicyclic) bond motifs is 1. The molecule has 0 bridgehead atoms. The number of aromatic hydroxyl groups is 1. The number of amides is 1. The summed E-state index contributed by atoms with van der Waals surface area (Å²) in [5.41, 5.74) is 1.30. The topological polar surface area (TPSA) is 71.5 Å². The van der Waals surface area contributed by atoms with Crippen LogP contribution in [0.5, 0.6) is 11.5 Å². The van der Waals surface area contributed by atoms with Gasteiger partial charge in [-0.2, -0.15) is 0 Å². The van der Waals surface area contributed by atoms with E-state index in [0.717, 1.165) is 0 Å². The van der Waals surface area contributed by atoms with Gasteiger partial charge in [0.25, 0.3) is 5.91 Å². The Morgan fingerprint density at radius 1 is 0.969 bits per heavy atom. The molecule has 0 saturated heterocycles. The zero-order chi connectivity index (χ0) is 22.7. The van der Waals surface area contributed by atoms with Gasteiger partial charge in [0, 0.05) is 17.1 Å². The molecule has 32 heavy (non-hydrogen) atoms. The number of phenols is 1. The minimum Gasteiger partial charge on any atom is -0.505 e. The fourth-order valence-corrected chi connectivity index (χ4v) is 3.90. The van der Waals surface area contributed by atoms with E-state index in [-0.39, 0.29) is 12.4 Å². The zero-order valence-electron chi connectivity index (χ0n) is 16.6. The highest BCUT2D eigenvalue weighted by atomic mass is 35.5. The SMILES string of the molecule is O=C(COc1ccccc1)NC(c1ccc(Cl)c(Cl)c1)c1cc(Cl)c2cccnc2c1O. The Morgan fingerprint density at radius 3 is 2.50 bits per heavy atom. The van der Waals surface area contributed by atoms with E-state index in [4.69, 9.17) is 39.5 Å². The van der Waals surface area contributed by atoms with Gasteiger partial charge in [-0.15, -0.1) is 0 Å². The first-order valence-corrected chi connectivity index (χ1v) is 10.8. The number of hydrogen-bond donors (Lipinski definition) is 2. The van der Waals surface area contributed by atoms with E-state index in [1.54, 1.807) is 54.7 Å². The van der Waals surface area contributed by atoms with E-state index >= 15 is 0 Å². The number of nitrogens with one attached hydrogen (secondary N) is 1. The van der Waals surface area contributed by atoms with Gasteiger partial charge in [-0.25, -0.2) is 0 Å². The zero-order valence-corrected chi connectivity index (χ0v) is 18.8. The first-order chi connectivity index (χ1) is 15.4. The van der Waals surface area contributed by atoms with E-state index in [1.165, 1.54) is 0 Å². The van der Waals surface area contributed by atoms with Crippen LogP contribution in [0.3, 0.4) is 0 Å². The average Bonchev–Trinajstić information content (AvgIpc) is 2.81. The molecular formula is C24H17Cl3N2O3. The van der Waals surface area contributed by atoms with Crippen molar-refractivity contribution < 1.29 is 14.6 Å². The first-order valence-electron chi connectivity index (χ1n) is 9.62. The maximum Gasteiger partial charge on any atom is 0.258 e. The lowest BCUT2D eigenvalue weighted by Crippen LogP contribution is -2.33. The Bertz CT molecular complexity index is 1280. The minimum absolute atomic E-state index is 0.0923. The van der Waals surface area contributed by atoms with Crippen molar-refractivity contribution in [3.8, 4) is 11.5 Å². The number of rotatable bonds is 6. The maximum absolute atomic E-state index is 12.8. The predicted octanol–water partition coefficient (Wildman–Crippen LogP) is 6.19. The summed E-state index contributed by atoms with van der Waals surface area (Å²) in [7, 11) is 0. The first kappa shape index (κ1) is 22.2. The van der Waals surface area contributed by atoms with Crippen LogP contribution in [0.15, 0.2) is 72.9 Å². The predicted molar refractivity (Wildman–Crippen MR) is 127 cm³/mol. The van der Waals surface area contributed by atoms with Crippen molar-refractivity contribution in [1.29, 1.82) is 0 Å². The van der Waals surface area contributed by atoms with Gasteiger partial charge in [-0.1, -0.05) is 59.1 Å². The van der Waals surface area contributed by atoms with Crippen LogP contribution in [0.1, 0.15) is 17.2 Å². The molecule has 2 N–H and O–H groups in total. The standard InChI is InChI=1S/C24H17Cl3N2O3/c25-18-9-8-14(11-20(18)27)22(29-21(30)13-32-15-5-2-1-3-6-15)17-12-19(26)16-7-4-10-28-23(16)24(17)31/h1-12,22,31H,13H2,(H,29,30). The number of ether oxygens (including phenoxy) is 1. The van der Waals surface area contributed by atoms with Crippen LogP contribution in [-0.4, -0.2) is 22.6 Å². The molecule has 0 fully saturated rings. The second-order valence-corrected chi connectivity index (χ2v) is 8.19. The molecule has 0 aliphatic carbocycles. The van der Waals surface area contributed by atoms with Crippen LogP contribution in [0.4, 0.5) is 0 Å². The molecule has 0 aliphatic rings. The van der Waals surface area contributed by atoms with Crippen molar-refractivity contribution in [2.24, 2.45) is 0 Å². The monoisotopic (exact) mass is 486 g/mol. The van der Waals surface area contributed by atoms with E-state index in [1.807, 2.05) is 18.2 Å². The molecule has 1 unspecified atom stereocenters. The smallest absolute Gasteiger partial charge is 0.258 e. The normalized spacial score (nSPS) is 11.8. The highest BCUT2D eigenvalue weighted by Gasteiger charge is 2.24. The molecule has 0 saturated carbocycles. The number of phenolic OH excluding ortho intramolecular Hbond substituents is 1. The highest BCUT2D eigenvalue weighted by molar-refractivity contribution is 6.42. The van der Waals surface area contributed by atoms with Crippen molar-refractivity contribution in [3.05, 3.63) is 99.1 Å². The molecule has 4 rings (SSSR count). The molecule has 1 aromatic heterocycles. The van der Waals surface area contributed by atoms with Gasteiger partial charge in [0.2, 0.25) is 0 Å². The summed E-state index contributed by atoms with van der Waals surface area (Å²) in [5, 5.41) is 15.5. The number of pyridine rings is 1. The van der Waals surface area contributed by atoms with E-state index in [9.17, 15) is 9.90 Å². The molecule has 0 radical (unpaired) electrons. The van der Waals surface area contributed by atoms with Gasteiger partial charge in [-0.3, -0.25) is 9.78 Å². The summed E-state index contributed by atoms with van der Waals surface area (Å²) >= 11 is 18.8. The van der Waals surface area contributed by atoms with Crippen LogP contribution in [0.25, 0.3) is 10.9 Å². The van der Waals surface area contributed by atoms with Crippen molar-refractivity contribution in [2.45, 2.75) is 6.04 Å². The third-order valence-electron chi connectivity index (χ3n) is 4.85. The largest absolute Gasteiger partial charge is 0.505 e. The van der Waals surface area contributed by atoms with Crippen LogP contribution in [0, 0.1) is 0 Å². The Balaban J connectivity index is 1.71. The molecule has 8 heteroatoms. The molecule has 1 amide bonds. The van der Waals surface area contributed by atoms with Crippen molar-refractivity contribution in [2.75, 3.05) is 6.61 Å². The van der Waals surface area contributed by atoms with Gasteiger partial charge >= 0.3 is 0 Å². The summed E-state index contributed by atoms with van der Waals surface area (Å²) in [6.07, 6.45) is 1.56. The van der Waals surface area contributed by atoms with Crippen LogP contribution < -0.4 is 10.1 Å². The van der Waals surface area contributed by atoms with Crippen molar-refractivity contribution in [1.82, 2.24) is 10.3 Å². The van der Waals surface area contributed by atoms with Crippen molar-refractivity contribution in [3.63, 3.8) is 0 Å². The van der Waals surface area contributed by atoms with Crippen LogP contribution >= 0.6 is 34.8 Å². The van der Waals surface area contributed by atoms with Gasteiger partial charge in [0.15, 0.2) is 6.61 Å². The van der Waals surface area contributed by atoms with Crippen molar-refractivity contribution >= 4 is 51.6 Å². The number of halogens is 3. The van der Waals surface area contributed by atoms with Gasteiger partial charge in [-0.05, 0) is 48.0 Å². The third kappa shape index (κ3) is 4.75. The summed E-state index contributed by atoms with van der Waals surface area (Å²) in [4.78, 5) is 17.0. The number of hydrogen-bond acceptors (Lipinski definition) is 4. The molecule has 3 aromatic carbocycles. The molecule has 0 aliphatic heterocycles. The van der Waals surface area contributed by atoms with E-state index in [0.29, 0.717) is 42.8 Å². The highest BCUT2D eigenvalue weighted by Crippen LogP contribution is 2.39. The maximum atomic E-state index is 12.8. The summed E-state index contributed by atoms with van der Waals surface area (Å²) in [6.45, 7) is -0.220. The molecule has 1 atom stereocenters. The Hall–Kier alpha value is -2.99. The fourth-order valence-electron chi connectivity index (χ4n) is 3.33. The summed E-state index contributed by atoms with van der Waals surface area (Å²) < 4.78 is 5.55. The Labute approximate surface area is 199 Å². The molecule has 5 nitrogen and oxygen atoms in total. The van der Waals surface area contributed by atoms with Gasteiger partial charge in [0.1, 0.15) is 17.0 Å². The summed E-state index contributed by atoms with van der Waals surface area (Å²) in [5.74, 6) is 0.0708. The Morgan fingerprint density at radius 2 is 1.75 bits per heavy atom. The second kappa shape index (κ2) is 9.65. The minimum atomic E-state index is -0.777. The Kier molecular flexibility index (Phi) is 6.70. The third-order valence-corrected chi connectivity index (χ3v) is 5.90. The molecule has 0 spiro atoms. The summed E-state index contributed by atoms with van der Waals surface area (Å²) in [6, 6.07) is 18.3. The lowest BCUT2D eigenvalue weighted by atomic mass is 9.96. The molecular weight excluding hydrogens is 471 g/mol. The number of para-hydroxylation sites is 1. The second-order valence-electron chi connectivity index (χ2n) is 6.97. The quantitative estimate of drug-likeness (QED) is 0.340. The van der Waals surface area contributed by atoms with Crippen LogP contribution in [0.2, 0.25) is 15.1 Å². The van der Waals surface area contributed by atoms with Crippen LogP contribution in [-0.2, 0) is 4.79 Å². The molecule has 4 aromatic rings. The van der Waals surface area contributed by atoms with E-state index < -0.39 is 11.9 Å². The molecule has 1 heterocycles. The number of carbonyl (C=O) groups excluding carboxylic acids is 1. The molecule has 162 valence electrons. The van der Waals surface area contributed by atoms with Gasteiger partial charge in [0.05, 0.1) is 21.1 Å². The van der Waals surface area contributed by atoms with Gasteiger partial charge < -0.3 is 15.2 Å². The number of carbonyl (C=O) groups is 1. The van der Waals surface area contributed by atoms with E-state index in [2.05, 4.69) is 10.3 Å². The number of aromatic nitrogens is 1. The lowest BCUT2D eigenvalue weighted by Gasteiger charge is -2.22. The average molecular weight is 488 g/mol. The number of nitrogens with zero attached hydrogens (tertiary/aromatic N) is 1.